The van der Waals surface area contributed by atoms with E-state index in [1.165, 1.54) is 5.56 Å². The number of fused-ring (bicyclic) bond motifs is 1. The van der Waals surface area contributed by atoms with Gasteiger partial charge in [-0.2, -0.15) is 5.10 Å². The number of urea groups is 1. The Hall–Kier alpha value is -2.01. The van der Waals surface area contributed by atoms with Crippen molar-refractivity contribution in [1.29, 1.82) is 0 Å². The van der Waals surface area contributed by atoms with E-state index in [2.05, 4.69) is 10.4 Å². The quantitative estimate of drug-likeness (QED) is 0.880. The number of carbonyl (C=O) groups excluding carboxylic acids is 1. The van der Waals surface area contributed by atoms with Gasteiger partial charge in [0.2, 0.25) is 0 Å². The first-order valence-corrected chi connectivity index (χ1v) is 7.24. The zero-order chi connectivity index (χ0) is 15.0. The van der Waals surface area contributed by atoms with Crippen LogP contribution in [0.3, 0.4) is 0 Å². The standard InChI is InChI=1S/C15H17ClN4O/c1-10-7-14(18-19(10)2)17-15(21)20-6-5-11-3-4-13(16)8-12(11)9-20/h3-4,7-8H,5-6,9H2,1-2H3,(H,17,18,21). The Balaban J connectivity index is 1.72. The van der Waals surface area contributed by atoms with E-state index in [1.807, 2.05) is 38.2 Å². The zero-order valence-corrected chi connectivity index (χ0v) is 12.8. The van der Waals surface area contributed by atoms with E-state index < -0.39 is 0 Å². The highest BCUT2D eigenvalue weighted by atomic mass is 35.5. The molecule has 2 amide bonds. The molecule has 1 aromatic heterocycles. The van der Waals surface area contributed by atoms with Crippen molar-refractivity contribution in [1.82, 2.24) is 14.7 Å². The monoisotopic (exact) mass is 304 g/mol. The lowest BCUT2D eigenvalue weighted by Crippen LogP contribution is -2.39. The van der Waals surface area contributed by atoms with Crippen LogP contribution < -0.4 is 5.32 Å². The van der Waals surface area contributed by atoms with Crippen molar-refractivity contribution >= 4 is 23.4 Å². The maximum Gasteiger partial charge on any atom is 0.323 e. The number of nitrogens with one attached hydrogen (secondary N) is 1. The van der Waals surface area contributed by atoms with E-state index in [0.29, 0.717) is 23.9 Å². The molecule has 0 radical (unpaired) electrons. The normalized spacial score (nSPS) is 14.0. The van der Waals surface area contributed by atoms with Crippen LogP contribution in [-0.4, -0.2) is 27.3 Å². The molecule has 0 spiro atoms. The number of rotatable bonds is 1. The molecule has 2 aromatic rings. The van der Waals surface area contributed by atoms with Gasteiger partial charge in [-0.05, 0) is 36.6 Å². The topological polar surface area (TPSA) is 50.2 Å². The fraction of sp³-hybridized carbons (Fsp3) is 0.333. The highest BCUT2D eigenvalue weighted by molar-refractivity contribution is 6.30. The van der Waals surface area contributed by atoms with Gasteiger partial charge in [0, 0.05) is 36.9 Å². The van der Waals surface area contributed by atoms with Crippen LogP contribution in [0.25, 0.3) is 0 Å². The van der Waals surface area contributed by atoms with Crippen LogP contribution in [0.5, 0.6) is 0 Å². The molecule has 0 aliphatic carbocycles. The molecule has 6 heteroatoms. The lowest BCUT2D eigenvalue weighted by atomic mass is 10.0. The van der Waals surface area contributed by atoms with E-state index in [4.69, 9.17) is 11.6 Å². The molecule has 2 heterocycles. The molecule has 5 nitrogen and oxygen atoms in total. The maximum atomic E-state index is 12.3. The predicted molar refractivity (Wildman–Crippen MR) is 82.5 cm³/mol. The first-order valence-electron chi connectivity index (χ1n) is 6.87. The number of carbonyl (C=O) groups is 1. The molecule has 0 bridgehead atoms. The van der Waals surface area contributed by atoms with Crippen molar-refractivity contribution in [3.8, 4) is 0 Å². The zero-order valence-electron chi connectivity index (χ0n) is 12.1. The SMILES string of the molecule is Cc1cc(NC(=O)N2CCc3ccc(Cl)cc3C2)nn1C. The molecular formula is C15H17ClN4O. The average molecular weight is 305 g/mol. The summed E-state index contributed by atoms with van der Waals surface area (Å²) in [7, 11) is 1.85. The van der Waals surface area contributed by atoms with Crippen molar-refractivity contribution in [3.05, 3.63) is 46.1 Å². The summed E-state index contributed by atoms with van der Waals surface area (Å²) in [5.41, 5.74) is 3.37. The molecule has 1 aliphatic heterocycles. The number of amides is 2. The Morgan fingerprint density at radius 3 is 2.86 bits per heavy atom. The summed E-state index contributed by atoms with van der Waals surface area (Å²) in [6.07, 6.45) is 0.848. The number of halogens is 1. The van der Waals surface area contributed by atoms with Gasteiger partial charge in [-0.3, -0.25) is 10.00 Å². The smallest absolute Gasteiger partial charge is 0.320 e. The Morgan fingerprint density at radius 1 is 1.33 bits per heavy atom. The van der Waals surface area contributed by atoms with E-state index in [9.17, 15) is 4.79 Å². The molecule has 0 fully saturated rings. The van der Waals surface area contributed by atoms with Crippen LogP contribution in [0.1, 0.15) is 16.8 Å². The number of benzene rings is 1. The number of hydrogen-bond donors (Lipinski definition) is 1. The van der Waals surface area contributed by atoms with Gasteiger partial charge in [-0.25, -0.2) is 4.79 Å². The molecule has 0 saturated carbocycles. The minimum Gasteiger partial charge on any atom is -0.320 e. The van der Waals surface area contributed by atoms with Crippen LogP contribution in [0.4, 0.5) is 10.6 Å². The fourth-order valence-electron chi connectivity index (χ4n) is 2.51. The molecule has 0 atom stereocenters. The lowest BCUT2D eigenvalue weighted by Gasteiger charge is -2.28. The first-order chi connectivity index (χ1) is 10.0. The van der Waals surface area contributed by atoms with Crippen molar-refractivity contribution in [2.45, 2.75) is 19.9 Å². The van der Waals surface area contributed by atoms with E-state index >= 15 is 0 Å². The van der Waals surface area contributed by atoms with E-state index in [1.54, 1.807) is 9.58 Å². The van der Waals surface area contributed by atoms with Crippen LogP contribution >= 0.6 is 11.6 Å². The molecule has 0 unspecified atom stereocenters. The summed E-state index contributed by atoms with van der Waals surface area (Å²) < 4.78 is 1.74. The van der Waals surface area contributed by atoms with Crippen LogP contribution in [0.15, 0.2) is 24.3 Å². The van der Waals surface area contributed by atoms with Crippen LogP contribution in [-0.2, 0) is 20.0 Å². The highest BCUT2D eigenvalue weighted by Crippen LogP contribution is 2.23. The molecule has 3 rings (SSSR count). The Labute approximate surface area is 128 Å². The maximum absolute atomic E-state index is 12.3. The third-order valence-electron chi connectivity index (χ3n) is 3.82. The van der Waals surface area contributed by atoms with Crippen molar-refractivity contribution < 1.29 is 4.79 Å². The summed E-state index contributed by atoms with van der Waals surface area (Å²) in [5, 5.41) is 7.79. The summed E-state index contributed by atoms with van der Waals surface area (Å²) in [6, 6.07) is 7.59. The molecule has 1 N–H and O–H groups in total. The van der Waals surface area contributed by atoms with Crippen molar-refractivity contribution in [2.24, 2.45) is 7.05 Å². The van der Waals surface area contributed by atoms with Crippen molar-refractivity contribution in [3.63, 3.8) is 0 Å². The second-order valence-electron chi connectivity index (χ2n) is 5.31. The van der Waals surface area contributed by atoms with Crippen LogP contribution in [0, 0.1) is 6.92 Å². The second kappa shape index (κ2) is 5.41. The number of aryl methyl sites for hydroxylation is 2. The van der Waals surface area contributed by atoms with Gasteiger partial charge < -0.3 is 4.90 Å². The summed E-state index contributed by atoms with van der Waals surface area (Å²) in [5.74, 6) is 0.580. The molecule has 1 aromatic carbocycles. The second-order valence-corrected chi connectivity index (χ2v) is 5.75. The van der Waals surface area contributed by atoms with Gasteiger partial charge in [-0.1, -0.05) is 17.7 Å². The van der Waals surface area contributed by atoms with Gasteiger partial charge in [0.25, 0.3) is 0 Å². The van der Waals surface area contributed by atoms with Gasteiger partial charge in [0.05, 0.1) is 0 Å². The summed E-state index contributed by atoms with van der Waals surface area (Å²) in [4.78, 5) is 14.1. The summed E-state index contributed by atoms with van der Waals surface area (Å²) in [6.45, 7) is 3.22. The molecule has 110 valence electrons. The number of hydrogen-bond acceptors (Lipinski definition) is 2. The van der Waals surface area contributed by atoms with Gasteiger partial charge in [-0.15, -0.1) is 0 Å². The summed E-state index contributed by atoms with van der Waals surface area (Å²) >= 11 is 6.02. The number of aromatic nitrogens is 2. The third-order valence-corrected chi connectivity index (χ3v) is 4.05. The van der Waals surface area contributed by atoms with Gasteiger partial charge >= 0.3 is 6.03 Å². The average Bonchev–Trinajstić information content (AvgIpc) is 2.76. The molecule has 0 saturated heterocycles. The number of anilines is 1. The van der Waals surface area contributed by atoms with Crippen LogP contribution in [0.2, 0.25) is 5.02 Å². The first kappa shape index (κ1) is 13.9. The molecular weight excluding hydrogens is 288 g/mol. The Kier molecular flexibility index (Phi) is 3.59. The van der Waals surface area contributed by atoms with E-state index in [-0.39, 0.29) is 6.03 Å². The Bertz CT molecular complexity index is 675. The molecule has 21 heavy (non-hydrogen) atoms. The van der Waals surface area contributed by atoms with Gasteiger partial charge in [0.15, 0.2) is 5.82 Å². The minimum absolute atomic E-state index is 0.126. The minimum atomic E-state index is -0.126. The van der Waals surface area contributed by atoms with Crippen molar-refractivity contribution in [2.75, 3.05) is 11.9 Å². The van der Waals surface area contributed by atoms with Gasteiger partial charge in [0.1, 0.15) is 0 Å². The highest BCUT2D eigenvalue weighted by Gasteiger charge is 2.21. The fourth-order valence-corrected chi connectivity index (χ4v) is 2.70. The lowest BCUT2D eigenvalue weighted by molar-refractivity contribution is 0.206. The predicted octanol–water partition coefficient (Wildman–Crippen LogP) is 2.97. The van der Waals surface area contributed by atoms with E-state index in [0.717, 1.165) is 17.7 Å². The Morgan fingerprint density at radius 2 is 2.14 bits per heavy atom. The third kappa shape index (κ3) is 2.88. The largest absolute Gasteiger partial charge is 0.323 e. The molecule has 1 aliphatic rings. The number of nitrogens with zero attached hydrogens (tertiary/aromatic N) is 3.